The van der Waals surface area contributed by atoms with E-state index < -0.39 is 17.8 Å². The van der Waals surface area contributed by atoms with Gasteiger partial charge in [-0.05, 0) is 82.6 Å². The SMILES string of the molecule is COc1cc(/C=C2\C(=O)NC(=O)N(c3cc(Cl)ccc3C)C2=O)cc(I)c1Cc1ccccc1Br. The molecule has 6 nitrogen and oxygen atoms in total. The highest BCUT2D eigenvalue weighted by atomic mass is 127. The second kappa shape index (κ2) is 10.5. The highest BCUT2D eigenvalue weighted by Crippen LogP contribution is 2.32. The van der Waals surface area contributed by atoms with E-state index >= 15 is 0 Å². The number of hydrogen-bond acceptors (Lipinski definition) is 4. The summed E-state index contributed by atoms with van der Waals surface area (Å²) in [6.45, 7) is 1.75. The van der Waals surface area contributed by atoms with Crippen LogP contribution in [0.25, 0.3) is 6.08 Å². The van der Waals surface area contributed by atoms with Gasteiger partial charge >= 0.3 is 6.03 Å². The highest BCUT2D eigenvalue weighted by molar-refractivity contribution is 14.1. The van der Waals surface area contributed by atoms with Crippen LogP contribution in [0.15, 0.2) is 64.6 Å². The molecule has 9 heteroatoms. The van der Waals surface area contributed by atoms with E-state index in [0.717, 1.165) is 24.1 Å². The van der Waals surface area contributed by atoms with Crippen LogP contribution in [-0.2, 0) is 16.0 Å². The summed E-state index contributed by atoms with van der Waals surface area (Å²) in [6.07, 6.45) is 2.10. The lowest BCUT2D eigenvalue weighted by molar-refractivity contribution is -0.122. The van der Waals surface area contributed by atoms with Crippen molar-refractivity contribution in [2.45, 2.75) is 13.3 Å². The first-order valence-corrected chi connectivity index (χ1v) is 12.7. The third kappa shape index (κ3) is 5.29. The number of amides is 4. The number of rotatable bonds is 5. The van der Waals surface area contributed by atoms with E-state index in [1.165, 1.54) is 12.1 Å². The lowest BCUT2D eigenvalue weighted by atomic mass is 10.0. The molecule has 178 valence electrons. The number of benzene rings is 3. The predicted molar refractivity (Wildman–Crippen MR) is 148 cm³/mol. The number of imide groups is 2. The van der Waals surface area contributed by atoms with Crippen LogP contribution in [0.4, 0.5) is 10.5 Å². The van der Waals surface area contributed by atoms with Crippen LogP contribution in [-0.4, -0.2) is 25.0 Å². The molecule has 0 aromatic heterocycles. The summed E-state index contributed by atoms with van der Waals surface area (Å²) in [7, 11) is 1.58. The fraction of sp³-hybridized carbons (Fsp3) is 0.115. The largest absolute Gasteiger partial charge is 0.496 e. The van der Waals surface area contributed by atoms with Crippen molar-refractivity contribution in [3.8, 4) is 5.75 Å². The van der Waals surface area contributed by atoms with Crippen molar-refractivity contribution in [1.29, 1.82) is 0 Å². The molecule has 0 bridgehead atoms. The molecular formula is C26H19BrClIN2O4. The quantitative estimate of drug-likeness (QED) is 0.198. The molecule has 1 fully saturated rings. The lowest BCUT2D eigenvalue weighted by Crippen LogP contribution is -2.54. The van der Waals surface area contributed by atoms with Gasteiger partial charge in [0.15, 0.2) is 0 Å². The zero-order chi connectivity index (χ0) is 25.3. The zero-order valence-corrected chi connectivity index (χ0v) is 23.2. The standard InChI is InChI=1S/C26H19BrClIN2O4/c1-14-7-8-17(28)13-22(14)31-25(33)19(24(32)30-26(31)34)9-15-10-21(29)18(23(11-15)35-2)12-16-5-3-4-6-20(16)27/h3-11,13H,12H2,1-2H3,(H,30,32,34)/b19-9+. The first-order chi connectivity index (χ1) is 16.7. The molecule has 0 radical (unpaired) electrons. The van der Waals surface area contributed by atoms with E-state index in [0.29, 0.717) is 34.0 Å². The van der Waals surface area contributed by atoms with Crippen LogP contribution in [0.2, 0.25) is 5.02 Å². The molecule has 0 unspecified atom stereocenters. The van der Waals surface area contributed by atoms with Crippen molar-refractivity contribution in [1.82, 2.24) is 5.32 Å². The smallest absolute Gasteiger partial charge is 0.335 e. The van der Waals surface area contributed by atoms with Gasteiger partial charge in [-0.2, -0.15) is 0 Å². The van der Waals surface area contributed by atoms with Crippen LogP contribution < -0.4 is 15.0 Å². The average Bonchev–Trinajstić information content (AvgIpc) is 2.81. The van der Waals surface area contributed by atoms with Crippen molar-refractivity contribution >= 4 is 79.7 Å². The highest BCUT2D eigenvalue weighted by Gasteiger charge is 2.37. The summed E-state index contributed by atoms with van der Waals surface area (Å²) in [5.74, 6) is -0.862. The topological polar surface area (TPSA) is 75.7 Å². The van der Waals surface area contributed by atoms with Gasteiger partial charge < -0.3 is 4.74 Å². The second-order valence-electron chi connectivity index (χ2n) is 7.84. The fourth-order valence-electron chi connectivity index (χ4n) is 3.77. The summed E-state index contributed by atoms with van der Waals surface area (Å²) in [5.41, 5.74) is 3.49. The summed E-state index contributed by atoms with van der Waals surface area (Å²) in [5, 5.41) is 2.62. The summed E-state index contributed by atoms with van der Waals surface area (Å²) >= 11 is 11.9. The van der Waals surface area contributed by atoms with Crippen molar-refractivity contribution in [3.63, 3.8) is 0 Å². The van der Waals surface area contributed by atoms with Gasteiger partial charge in [0.1, 0.15) is 11.3 Å². The molecule has 3 aromatic carbocycles. The maximum absolute atomic E-state index is 13.3. The molecule has 1 aliphatic rings. The van der Waals surface area contributed by atoms with E-state index in [-0.39, 0.29) is 5.57 Å². The molecular weight excluding hydrogens is 647 g/mol. The molecule has 3 aromatic rings. The van der Waals surface area contributed by atoms with Gasteiger partial charge in [0.2, 0.25) is 0 Å². The second-order valence-corrected chi connectivity index (χ2v) is 10.3. The molecule has 1 N–H and O–H groups in total. The number of carbonyl (C=O) groups excluding carboxylic acids is 3. The van der Waals surface area contributed by atoms with Gasteiger partial charge in [-0.25, -0.2) is 9.69 Å². The third-order valence-corrected chi connectivity index (χ3v) is 7.52. The normalized spacial score (nSPS) is 14.9. The van der Waals surface area contributed by atoms with Gasteiger partial charge in [-0.3, -0.25) is 14.9 Å². The monoisotopic (exact) mass is 664 g/mol. The molecule has 1 saturated heterocycles. The van der Waals surface area contributed by atoms with Crippen LogP contribution in [0.1, 0.15) is 22.3 Å². The summed E-state index contributed by atoms with van der Waals surface area (Å²) < 4.78 is 7.55. The minimum Gasteiger partial charge on any atom is -0.496 e. The van der Waals surface area contributed by atoms with E-state index in [4.69, 9.17) is 16.3 Å². The van der Waals surface area contributed by atoms with Gasteiger partial charge in [-0.15, -0.1) is 0 Å². The molecule has 35 heavy (non-hydrogen) atoms. The van der Waals surface area contributed by atoms with Crippen molar-refractivity contribution in [2.75, 3.05) is 12.0 Å². The van der Waals surface area contributed by atoms with E-state index in [1.54, 1.807) is 32.2 Å². The molecule has 0 saturated carbocycles. The minimum atomic E-state index is -0.821. The Hall–Kier alpha value is -2.69. The first-order valence-electron chi connectivity index (χ1n) is 10.5. The Morgan fingerprint density at radius 1 is 1.11 bits per heavy atom. The van der Waals surface area contributed by atoms with Crippen molar-refractivity contribution < 1.29 is 19.1 Å². The number of barbiturate groups is 1. The Labute approximate surface area is 229 Å². The van der Waals surface area contributed by atoms with E-state index in [1.807, 2.05) is 30.3 Å². The predicted octanol–water partition coefficient (Wildman–Crippen LogP) is 6.28. The number of aryl methyl sites for hydroxylation is 1. The molecule has 0 aliphatic carbocycles. The number of carbonyl (C=O) groups is 3. The molecule has 0 spiro atoms. The zero-order valence-electron chi connectivity index (χ0n) is 18.7. The number of methoxy groups -OCH3 is 1. The van der Waals surface area contributed by atoms with Crippen molar-refractivity contribution in [3.05, 3.63) is 95.5 Å². The van der Waals surface area contributed by atoms with Crippen LogP contribution in [0, 0.1) is 10.5 Å². The van der Waals surface area contributed by atoms with Crippen LogP contribution >= 0.6 is 50.1 Å². The van der Waals surface area contributed by atoms with Gasteiger partial charge in [0.05, 0.1) is 12.8 Å². The number of nitrogens with zero attached hydrogens (tertiary/aromatic N) is 1. The summed E-state index contributed by atoms with van der Waals surface area (Å²) in [6, 6.07) is 15.6. The van der Waals surface area contributed by atoms with Crippen molar-refractivity contribution in [2.24, 2.45) is 0 Å². The number of ether oxygens (including phenoxy) is 1. The molecule has 4 amide bonds. The van der Waals surface area contributed by atoms with Gasteiger partial charge in [0, 0.05) is 25.0 Å². The Kier molecular flexibility index (Phi) is 7.63. The number of nitrogens with one attached hydrogen (secondary N) is 1. The number of urea groups is 1. The van der Waals surface area contributed by atoms with Crippen LogP contribution in [0.3, 0.4) is 0 Å². The fourth-order valence-corrected chi connectivity index (χ4v) is 5.17. The Balaban J connectivity index is 1.73. The molecule has 0 atom stereocenters. The maximum atomic E-state index is 13.3. The Morgan fingerprint density at radius 2 is 1.86 bits per heavy atom. The first kappa shape index (κ1) is 25.4. The molecule has 4 rings (SSSR count). The molecule has 1 heterocycles. The Bertz CT molecular complexity index is 1410. The Morgan fingerprint density at radius 3 is 2.57 bits per heavy atom. The van der Waals surface area contributed by atoms with Crippen LogP contribution in [0.5, 0.6) is 5.75 Å². The van der Waals surface area contributed by atoms with E-state index in [2.05, 4.69) is 43.8 Å². The number of halogens is 3. The number of hydrogen-bond donors (Lipinski definition) is 1. The summed E-state index contributed by atoms with van der Waals surface area (Å²) in [4.78, 5) is 39.4. The lowest BCUT2D eigenvalue weighted by Gasteiger charge is -2.27. The van der Waals surface area contributed by atoms with Gasteiger partial charge in [0.25, 0.3) is 11.8 Å². The third-order valence-electron chi connectivity index (χ3n) is 5.55. The van der Waals surface area contributed by atoms with Gasteiger partial charge in [-0.1, -0.05) is 51.8 Å². The molecule has 1 aliphatic heterocycles. The van der Waals surface area contributed by atoms with E-state index in [9.17, 15) is 14.4 Å². The average molecular weight is 666 g/mol. The minimum absolute atomic E-state index is 0.166. The maximum Gasteiger partial charge on any atom is 0.335 e. The number of anilines is 1.